The number of aromatic nitrogens is 2. The molecule has 1 aromatic carbocycles. The highest BCUT2D eigenvalue weighted by Crippen LogP contribution is 2.39. The van der Waals surface area contributed by atoms with E-state index in [9.17, 15) is 0 Å². The van der Waals surface area contributed by atoms with Crippen molar-refractivity contribution in [1.29, 1.82) is 0 Å². The normalized spacial score (nSPS) is 14.2. The van der Waals surface area contributed by atoms with Gasteiger partial charge in [0.2, 0.25) is 5.88 Å². The van der Waals surface area contributed by atoms with Crippen LogP contribution in [0.25, 0.3) is 0 Å². The summed E-state index contributed by atoms with van der Waals surface area (Å²) in [6, 6.07) is 9.27. The molecule has 2 aromatic rings. The van der Waals surface area contributed by atoms with Crippen LogP contribution in [-0.2, 0) is 0 Å². The van der Waals surface area contributed by atoms with Gasteiger partial charge in [-0.15, -0.1) is 0 Å². The van der Waals surface area contributed by atoms with Gasteiger partial charge >= 0.3 is 0 Å². The van der Waals surface area contributed by atoms with Crippen molar-refractivity contribution in [2.24, 2.45) is 5.84 Å². The van der Waals surface area contributed by atoms with Gasteiger partial charge in [0, 0.05) is 16.5 Å². The molecule has 3 rings (SSSR count). The molecule has 1 aromatic heterocycles. The number of nitrogens with one attached hydrogen (secondary N) is 1. The van der Waals surface area contributed by atoms with Gasteiger partial charge in [-0.2, -0.15) is 4.98 Å². The Hall–Kier alpha value is -1.66. The maximum absolute atomic E-state index is 5.73. The van der Waals surface area contributed by atoms with E-state index in [0.29, 0.717) is 17.6 Å². The molecular formula is C13H13BrN4O. The van der Waals surface area contributed by atoms with E-state index in [0.717, 1.165) is 28.9 Å². The first kappa shape index (κ1) is 12.4. The van der Waals surface area contributed by atoms with Crippen molar-refractivity contribution in [3.05, 3.63) is 40.6 Å². The Labute approximate surface area is 119 Å². The fourth-order valence-corrected chi connectivity index (χ4v) is 1.98. The topological polar surface area (TPSA) is 73.1 Å². The lowest BCUT2D eigenvalue weighted by Gasteiger charge is -2.08. The van der Waals surface area contributed by atoms with E-state index >= 15 is 0 Å². The van der Waals surface area contributed by atoms with E-state index in [2.05, 4.69) is 31.3 Å². The maximum Gasteiger partial charge on any atom is 0.224 e. The molecule has 0 spiro atoms. The number of benzene rings is 1. The third kappa shape index (κ3) is 3.02. The third-order valence-corrected chi connectivity index (χ3v) is 3.38. The predicted molar refractivity (Wildman–Crippen MR) is 76.0 cm³/mol. The van der Waals surface area contributed by atoms with Crippen LogP contribution in [0.5, 0.6) is 11.6 Å². The minimum atomic E-state index is 0.445. The molecule has 1 heterocycles. The van der Waals surface area contributed by atoms with Crippen LogP contribution in [0.4, 0.5) is 5.82 Å². The molecule has 0 aliphatic heterocycles. The zero-order valence-corrected chi connectivity index (χ0v) is 11.7. The van der Waals surface area contributed by atoms with E-state index in [1.807, 2.05) is 24.3 Å². The molecule has 0 unspecified atom stereocenters. The summed E-state index contributed by atoms with van der Waals surface area (Å²) in [4.78, 5) is 8.76. The van der Waals surface area contributed by atoms with Crippen molar-refractivity contribution >= 4 is 21.7 Å². The average Bonchev–Trinajstić information content (AvgIpc) is 3.25. The summed E-state index contributed by atoms with van der Waals surface area (Å²) in [7, 11) is 0. The molecule has 1 aliphatic rings. The summed E-state index contributed by atoms with van der Waals surface area (Å²) in [6.45, 7) is 0. The summed E-state index contributed by atoms with van der Waals surface area (Å²) in [5, 5.41) is 0. The quantitative estimate of drug-likeness (QED) is 0.668. The van der Waals surface area contributed by atoms with E-state index in [-0.39, 0.29) is 0 Å². The smallest absolute Gasteiger partial charge is 0.224 e. The SMILES string of the molecule is NNc1cc(Oc2ccc(Br)cc2)nc(C2CC2)n1. The van der Waals surface area contributed by atoms with E-state index in [1.165, 1.54) is 0 Å². The first-order valence-electron chi connectivity index (χ1n) is 6.03. The number of nitrogens with zero attached hydrogens (tertiary/aromatic N) is 2. The molecule has 5 nitrogen and oxygen atoms in total. The Balaban J connectivity index is 1.86. The lowest BCUT2D eigenvalue weighted by atomic mass is 10.3. The van der Waals surface area contributed by atoms with E-state index in [4.69, 9.17) is 10.6 Å². The Kier molecular flexibility index (Phi) is 3.35. The molecule has 6 heteroatoms. The van der Waals surface area contributed by atoms with Gasteiger partial charge < -0.3 is 10.2 Å². The lowest BCUT2D eigenvalue weighted by molar-refractivity contribution is 0.459. The highest BCUT2D eigenvalue weighted by Gasteiger charge is 2.27. The first-order chi connectivity index (χ1) is 9.24. The molecule has 0 bridgehead atoms. The third-order valence-electron chi connectivity index (χ3n) is 2.85. The highest BCUT2D eigenvalue weighted by atomic mass is 79.9. The number of nitrogens with two attached hydrogens (primary N) is 1. The fourth-order valence-electron chi connectivity index (χ4n) is 1.72. The van der Waals surface area contributed by atoms with Crippen LogP contribution in [-0.4, -0.2) is 9.97 Å². The molecule has 19 heavy (non-hydrogen) atoms. The van der Waals surface area contributed by atoms with Gasteiger partial charge in [-0.3, -0.25) is 0 Å². The second-order valence-electron chi connectivity index (χ2n) is 4.42. The van der Waals surface area contributed by atoms with Gasteiger partial charge in [-0.25, -0.2) is 10.8 Å². The van der Waals surface area contributed by atoms with Crippen LogP contribution in [0, 0.1) is 0 Å². The molecule has 0 saturated heterocycles. The summed E-state index contributed by atoms with van der Waals surface area (Å²) in [5.74, 6) is 8.47. The zero-order valence-electron chi connectivity index (χ0n) is 10.1. The Bertz CT molecular complexity index is 584. The van der Waals surface area contributed by atoms with Gasteiger partial charge in [0.25, 0.3) is 0 Å². The van der Waals surface area contributed by atoms with Crippen molar-refractivity contribution < 1.29 is 4.74 Å². The van der Waals surface area contributed by atoms with Gasteiger partial charge in [0.15, 0.2) is 0 Å². The number of ether oxygens (including phenoxy) is 1. The van der Waals surface area contributed by atoms with Crippen LogP contribution in [0.15, 0.2) is 34.8 Å². The summed E-state index contributed by atoms with van der Waals surface area (Å²) >= 11 is 3.38. The van der Waals surface area contributed by atoms with Crippen LogP contribution in [0.2, 0.25) is 0 Å². The largest absolute Gasteiger partial charge is 0.439 e. The molecule has 98 valence electrons. The second-order valence-corrected chi connectivity index (χ2v) is 5.34. The standard InChI is InChI=1S/C13H13BrN4O/c14-9-3-5-10(6-4-9)19-12-7-11(18-15)16-13(17-12)8-1-2-8/h3-8H,1-2,15H2,(H,16,17,18). The minimum Gasteiger partial charge on any atom is -0.439 e. The molecule has 3 N–H and O–H groups in total. The molecule has 0 atom stereocenters. The summed E-state index contributed by atoms with van der Waals surface area (Å²) < 4.78 is 6.73. The summed E-state index contributed by atoms with van der Waals surface area (Å²) in [5.41, 5.74) is 2.55. The number of hydrogen-bond acceptors (Lipinski definition) is 5. The Morgan fingerprint density at radius 1 is 1.21 bits per heavy atom. The molecule has 1 fully saturated rings. The molecular weight excluding hydrogens is 308 g/mol. The van der Waals surface area contributed by atoms with Crippen LogP contribution < -0.4 is 16.0 Å². The summed E-state index contributed by atoms with van der Waals surface area (Å²) in [6.07, 6.45) is 2.26. The van der Waals surface area contributed by atoms with Gasteiger partial charge in [0.1, 0.15) is 17.4 Å². The van der Waals surface area contributed by atoms with Crippen molar-refractivity contribution in [2.45, 2.75) is 18.8 Å². The first-order valence-corrected chi connectivity index (χ1v) is 6.83. The number of halogens is 1. The Morgan fingerprint density at radius 2 is 1.95 bits per heavy atom. The highest BCUT2D eigenvalue weighted by molar-refractivity contribution is 9.10. The maximum atomic E-state index is 5.73. The van der Waals surface area contributed by atoms with Crippen molar-refractivity contribution in [1.82, 2.24) is 9.97 Å². The lowest BCUT2D eigenvalue weighted by Crippen LogP contribution is -2.10. The van der Waals surface area contributed by atoms with Crippen molar-refractivity contribution in [3.8, 4) is 11.6 Å². The van der Waals surface area contributed by atoms with Crippen molar-refractivity contribution in [3.63, 3.8) is 0 Å². The number of rotatable bonds is 4. The monoisotopic (exact) mass is 320 g/mol. The second kappa shape index (κ2) is 5.14. The molecule has 1 aliphatic carbocycles. The predicted octanol–water partition coefficient (Wildman–Crippen LogP) is 3.19. The van der Waals surface area contributed by atoms with Gasteiger partial charge in [-0.1, -0.05) is 15.9 Å². The van der Waals surface area contributed by atoms with E-state index in [1.54, 1.807) is 6.07 Å². The van der Waals surface area contributed by atoms with Crippen LogP contribution in [0.3, 0.4) is 0 Å². The number of hydrogen-bond donors (Lipinski definition) is 2. The average molecular weight is 321 g/mol. The van der Waals surface area contributed by atoms with Crippen LogP contribution in [0.1, 0.15) is 24.6 Å². The number of anilines is 1. The fraction of sp³-hybridized carbons (Fsp3) is 0.231. The van der Waals surface area contributed by atoms with E-state index < -0.39 is 0 Å². The minimum absolute atomic E-state index is 0.445. The van der Waals surface area contributed by atoms with Gasteiger partial charge in [-0.05, 0) is 37.1 Å². The Morgan fingerprint density at radius 3 is 2.58 bits per heavy atom. The number of nitrogen functional groups attached to an aromatic ring is 1. The number of hydrazine groups is 1. The molecule has 0 radical (unpaired) electrons. The zero-order chi connectivity index (χ0) is 13.2. The van der Waals surface area contributed by atoms with Crippen LogP contribution >= 0.6 is 15.9 Å². The van der Waals surface area contributed by atoms with Crippen molar-refractivity contribution in [2.75, 3.05) is 5.43 Å². The molecule has 1 saturated carbocycles. The molecule has 0 amide bonds. The van der Waals surface area contributed by atoms with Gasteiger partial charge in [0.05, 0.1) is 0 Å².